The van der Waals surface area contributed by atoms with Gasteiger partial charge in [-0.2, -0.15) is 0 Å². The highest BCUT2D eigenvalue weighted by Gasteiger charge is 2.23. The molecule has 2 saturated heterocycles. The Morgan fingerprint density at radius 1 is 1.08 bits per heavy atom. The van der Waals surface area contributed by atoms with Crippen LogP contribution in [0.3, 0.4) is 0 Å². The van der Waals surface area contributed by atoms with E-state index in [2.05, 4.69) is 14.8 Å². The summed E-state index contributed by atoms with van der Waals surface area (Å²) in [7, 11) is 0. The molecule has 2 aliphatic rings. The maximum absolute atomic E-state index is 13.3. The van der Waals surface area contributed by atoms with Gasteiger partial charge < -0.3 is 15.4 Å². The molecule has 2 fully saturated rings. The van der Waals surface area contributed by atoms with Gasteiger partial charge in [-0.05, 0) is 37.0 Å². The number of piperidine rings is 1. The minimum atomic E-state index is -0.212. The van der Waals surface area contributed by atoms with E-state index in [0.717, 1.165) is 45.0 Å². The summed E-state index contributed by atoms with van der Waals surface area (Å²) in [6.45, 7) is 5.75. The number of guanidine groups is 1. The summed E-state index contributed by atoms with van der Waals surface area (Å²) in [5.41, 5.74) is 7.28. The average Bonchev–Trinajstić information content (AvgIpc) is 2.65. The van der Waals surface area contributed by atoms with E-state index < -0.39 is 0 Å². The fourth-order valence-corrected chi connectivity index (χ4v) is 3.41. The first-order valence-corrected chi connectivity index (χ1v) is 8.86. The van der Waals surface area contributed by atoms with Crippen molar-refractivity contribution in [2.24, 2.45) is 10.7 Å². The van der Waals surface area contributed by atoms with Crippen molar-refractivity contribution in [1.82, 2.24) is 9.80 Å². The van der Waals surface area contributed by atoms with Crippen molar-refractivity contribution >= 4 is 29.9 Å². The van der Waals surface area contributed by atoms with Gasteiger partial charge in [-0.25, -0.2) is 4.39 Å². The van der Waals surface area contributed by atoms with Crippen LogP contribution in [0.5, 0.6) is 0 Å². The van der Waals surface area contributed by atoms with E-state index in [4.69, 9.17) is 10.5 Å². The molecule has 0 spiro atoms. The molecule has 25 heavy (non-hydrogen) atoms. The second kappa shape index (κ2) is 10.3. The van der Waals surface area contributed by atoms with Crippen molar-refractivity contribution in [1.29, 1.82) is 0 Å². The molecule has 2 aliphatic heterocycles. The maximum Gasteiger partial charge on any atom is 0.191 e. The summed E-state index contributed by atoms with van der Waals surface area (Å²) in [6.07, 6.45) is 3.64. The van der Waals surface area contributed by atoms with Crippen molar-refractivity contribution in [2.75, 3.05) is 45.9 Å². The molecule has 0 aliphatic carbocycles. The number of likely N-dealkylation sites (tertiary alicyclic amines) is 1. The molecule has 0 saturated carbocycles. The number of rotatable bonds is 4. The second-order valence-electron chi connectivity index (χ2n) is 6.46. The molecule has 1 aromatic carbocycles. The summed E-state index contributed by atoms with van der Waals surface area (Å²) in [4.78, 5) is 9.19. The first-order chi connectivity index (χ1) is 11.7. The number of nitrogens with two attached hydrogens (primary N) is 1. The molecule has 1 aromatic rings. The number of hydrogen-bond donors (Lipinski definition) is 1. The van der Waals surface area contributed by atoms with E-state index in [9.17, 15) is 4.39 Å². The van der Waals surface area contributed by atoms with Crippen molar-refractivity contribution < 1.29 is 9.13 Å². The molecule has 2 heterocycles. The first kappa shape index (κ1) is 20.4. The van der Waals surface area contributed by atoms with Gasteiger partial charge >= 0.3 is 0 Å². The maximum atomic E-state index is 13.3. The average molecular weight is 462 g/mol. The predicted molar refractivity (Wildman–Crippen MR) is 109 cm³/mol. The predicted octanol–water partition coefficient (Wildman–Crippen LogP) is 2.62. The Morgan fingerprint density at radius 2 is 1.72 bits per heavy atom. The summed E-state index contributed by atoms with van der Waals surface area (Å²) >= 11 is 0. The van der Waals surface area contributed by atoms with Gasteiger partial charge in [0.15, 0.2) is 5.96 Å². The zero-order valence-electron chi connectivity index (χ0n) is 14.6. The van der Waals surface area contributed by atoms with Gasteiger partial charge in [-0.3, -0.25) is 9.89 Å². The third-order valence-corrected chi connectivity index (χ3v) is 4.85. The van der Waals surface area contributed by atoms with Crippen LogP contribution in [0.15, 0.2) is 29.3 Å². The third kappa shape index (κ3) is 5.79. The van der Waals surface area contributed by atoms with E-state index in [0.29, 0.717) is 12.5 Å². The van der Waals surface area contributed by atoms with Crippen LogP contribution in [-0.2, 0) is 4.74 Å². The molecule has 2 N–H and O–H groups in total. The lowest BCUT2D eigenvalue weighted by Crippen LogP contribution is -2.43. The van der Waals surface area contributed by atoms with Crippen LogP contribution in [0.1, 0.15) is 30.9 Å². The topological polar surface area (TPSA) is 54.1 Å². The highest BCUT2D eigenvalue weighted by molar-refractivity contribution is 14.0. The minimum absolute atomic E-state index is 0. The van der Waals surface area contributed by atoms with Crippen molar-refractivity contribution in [3.63, 3.8) is 0 Å². The van der Waals surface area contributed by atoms with Crippen molar-refractivity contribution in [3.8, 4) is 0 Å². The number of ether oxygens (including phenoxy) is 1. The Kier molecular flexibility index (Phi) is 8.38. The lowest BCUT2D eigenvalue weighted by Gasteiger charge is -2.34. The molecule has 0 aromatic heterocycles. The number of aliphatic imine (C=N–C) groups is 1. The Bertz CT molecular complexity index is 543. The SMILES string of the molecule is I.NC(=NCC(c1ccc(F)cc1)N1CCOCC1)N1CCCCC1. The van der Waals surface area contributed by atoms with Gasteiger partial charge in [0.1, 0.15) is 5.82 Å². The summed E-state index contributed by atoms with van der Waals surface area (Å²) < 4.78 is 18.7. The quantitative estimate of drug-likeness (QED) is 0.425. The van der Waals surface area contributed by atoms with Crippen LogP contribution < -0.4 is 5.73 Å². The first-order valence-electron chi connectivity index (χ1n) is 8.86. The van der Waals surface area contributed by atoms with Gasteiger partial charge in [-0.1, -0.05) is 12.1 Å². The van der Waals surface area contributed by atoms with Crippen molar-refractivity contribution in [2.45, 2.75) is 25.3 Å². The Balaban J connectivity index is 0.00000225. The zero-order chi connectivity index (χ0) is 16.8. The van der Waals surface area contributed by atoms with E-state index in [1.165, 1.54) is 31.4 Å². The Morgan fingerprint density at radius 3 is 2.36 bits per heavy atom. The van der Waals surface area contributed by atoms with Gasteiger partial charge in [-0.15, -0.1) is 24.0 Å². The Labute approximate surface area is 166 Å². The monoisotopic (exact) mass is 462 g/mol. The molecular weight excluding hydrogens is 434 g/mol. The third-order valence-electron chi connectivity index (χ3n) is 4.85. The molecule has 1 unspecified atom stereocenters. The molecule has 5 nitrogen and oxygen atoms in total. The van der Waals surface area contributed by atoms with Gasteiger partial charge in [0.2, 0.25) is 0 Å². The second-order valence-corrected chi connectivity index (χ2v) is 6.46. The highest BCUT2D eigenvalue weighted by Crippen LogP contribution is 2.23. The Hall–Kier alpha value is -0.930. The summed E-state index contributed by atoms with van der Waals surface area (Å²) in [6, 6.07) is 6.84. The van der Waals surface area contributed by atoms with Gasteiger partial charge in [0.25, 0.3) is 0 Å². The minimum Gasteiger partial charge on any atom is -0.379 e. The lowest BCUT2D eigenvalue weighted by atomic mass is 10.0. The molecule has 0 bridgehead atoms. The largest absolute Gasteiger partial charge is 0.379 e. The zero-order valence-corrected chi connectivity index (χ0v) is 16.9. The molecule has 0 radical (unpaired) electrons. The van der Waals surface area contributed by atoms with Gasteiger partial charge in [0.05, 0.1) is 25.8 Å². The van der Waals surface area contributed by atoms with Crippen LogP contribution in [0.2, 0.25) is 0 Å². The lowest BCUT2D eigenvalue weighted by molar-refractivity contribution is 0.0179. The van der Waals surface area contributed by atoms with E-state index in [-0.39, 0.29) is 35.8 Å². The fraction of sp³-hybridized carbons (Fsp3) is 0.611. The number of halogens is 2. The number of benzene rings is 1. The fourth-order valence-electron chi connectivity index (χ4n) is 3.41. The molecule has 0 amide bonds. The van der Waals surface area contributed by atoms with Crippen LogP contribution >= 0.6 is 24.0 Å². The highest BCUT2D eigenvalue weighted by atomic mass is 127. The molecule has 140 valence electrons. The van der Waals surface area contributed by atoms with Crippen LogP contribution in [0.4, 0.5) is 4.39 Å². The van der Waals surface area contributed by atoms with E-state index in [1.54, 1.807) is 0 Å². The number of hydrogen-bond acceptors (Lipinski definition) is 3. The van der Waals surface area contributed by atoms with Crippen molar-refractivity contribution in [3.05, 3.63) is 35.6 Å². The van der Waals surface area contributed by atoms with Crippen LogP contribution in [0, 0.1) is 5.82 Å². The molecule has 3 rings (SSSR count). The van der Waals surface area contributed by atoms with E-state index >= 15 is 0 Å². The van der Waals surface area contributed by atoms with Gasteiger partial charge in [0, 0.05) is 26.2 Å². The molecule has 7 heteroatoms. The summed E-state index contributed by atoms with van der Waals surface area (Å²) in [5, 5.41) is 0. The normalized spacial score (nSPS) is 20.8. The summed E-state index contributed by atoms with van der Waals surface area (Å²) in [5.74, 6) is 0.422. The standard InChI is InChI=1S/C18H27FN4O.HI/c19-16-6-4-15(5-7-16)17(22-10-12-24-13-11-22)14-21-18(20)23-8-2-1-3-9-23;/h4-7,17H,1-3,8-14H2,(H2,20,21);1H. The van der Waals surface area contributed by atoms with E-state index in [1.807, 2.05) is 12.1 Å². The number of morpholine rings is 1. The number of nitrogens with zero attached hydrogens (tertiary/aromatic N) is 3. The molecule has 1 atom stereocenters. The van der Waals surface area contributed by atoms with Crippen LogP contribution in [-0.4, -0.2) is 61.7 Å². The smallest absolute Gasteiger partial charge is 0.191 e. The van der Waals surface area contributed by atoms with Crippen LogP contribution in [0.25, 0.3) is 0 Å². The molecular formula is C18H28FIN4O.